The van der Waals surface area contributed by atoms with Crippen molar-refractivity contribution in [3.05, 3.63) is 23.7 Å². The SMILES string of the molecule is CN(C)CC1CC(O)CN1Cc1ccc(C(=O)O)o1. The van der Waals surface area contributed by atoms with Gasteiger partial charge in [-0.05, 0) is 32.6 Å². The first-order valence-corrected chi connectivity index (χ1v) is 6.34. The molecule has 0 bridgehead atoms. The van der Waals surface area contributed by atoms with Gasteiger partial charge in [0, 0.05) is 19.1 Å². The van der Waals surface area contributed by atoms with E-state index >= 15 is 0 Å². The zero-order valence-corrected chi connectivity index (χ0v) is 11.2. The molecule has 19 heavy (non-hydrogen) atoms. The molecule has 0 aliphatic carbocycles. The molecule has 2 unspecified atom stereocenters. The van der Waals surface area contributed by atoms with E-state index in [4.69, 9.17) is 9.52 Å². The number of carboxylic acids is 1. The molecule has 0 radical (unpaired) electrons. The quantitative estimate of drug-likeness (QED) is 0.808. The second-order valence-corrected chi connectivity index (χ2v) is 5.31. The maximum atomic E-state index is 10.8. The molecule has 2 rings (SSSR count). The first-order chi connectivity index (χ1) is 8.95. The van der Waals surface area contributed by atoms with E-state index in [-0.39, 0.29) is 17.9 Å². The molecular weight excluding hydrogens is 248 g/mol. The minimum absolute atomic E-state index is 0.0427. The summed E-state index contributed by atoms with van der Waals surface area (Å²) >= 11 is 0. The molecule has 0 aromatic carbocycles. The minimum Gasteiger partial charge on any atom is -0.475 e. The van der Waals surface area contributed by atoms with Gasteiger partial charge in [0.25, 0.3) is 0 Å². The molecule has 2 atom stereocenters. The zero-order chi connectivity index (χ0) is 14.0. The lowest BCUT2D eigenvalue weighted by Gasteiger charge is -2.25. The molecule has 1 aliphatic rings. The average Bonchev–Trinajstić information content (AvgIpc) is 2.86. The van der Waals surface area contributed by atoms with Gasteiger partial charge in [0.2, 0.25) is 5.76 Å². The first-order valence-electron chi connectivity index (χ1n) is 6.34. The number of furan rings is 1. The minimum atomic E-state index is -1.06. The summed E-state index contributed by atoms with van der Waals surface area (Å²) in [4.78, 5) is 15.0. The summed E-state index contributed by atoms with van der Waals surface area (Å²) in [6.07, 6.45) is 0.420. The molecule has 0 saturated carbocycles. The molecule has 6 heteroatoms. The smallest absolute Gasteiger partial charge is 0.371 e. The van der Waals surface area contributed by atoms with Crippen LogP contribution in [0.1, 0.15) is 22.7 Å². The average molecular weight is 268 g/mol. The van der Waals surface area contributed by atoms with E-state index in [2.05, 4.69) is 9.80 Å². The Labute approximate surface area is 112 Å². The molecule has 0 spiro atoms. The number of aliphatic hydroxyl groups is 1. The highest BCUT2D eigenvalue weighted by Gasteiger charge is 2.31. The van der Waals surface area contributed by atoms with Gasteiger partial charge in [-0.3, -0.25) is 4.90 Å². The van der Waals surface area contributed by atoms with Crippen molar-refractivity contribution in [2.24, 2.45) is 0 Å². The summed E-state index contributed by atoms with van der Waals surface area (Å²) in [5, 5.41) is 18.6. The van der Waals surface area contributed by atoms with Crippen molar-refractivity contribution in [1.82, 2.24) is 9.80 Å². The van der Waals surface area contributed by atoms with Crippen molar-refractivity contribution in [3.8, 4) is 0 Å². The Balaban J connectivity index is 2.01. The number of rotatable bonds is 5. The highest BCUT2D eigenvalue weighted by molar-refractivity contribution is 5.84. The van der Waals surface area contributed by atoms with Crippen molar-refractivity contribution in [1.29, 1.82) is 0 Å². The Morgan fingerprint density at radius 1 is 1.53 bits per heavy atom. The van der Waals surface area contributed by atoms with Gasteiger partial charge in [-0.25, -0.2) is 4.79 Å². The van der Waals surface area contributed by atoms with E-state index in [0.29, 0.717) is 18.8 Å². The molecule has 2 N–H and O–H groups in total. The molecule has 106 valence electrons. The number of aromatic carboxylic acids is 1. The van der Waals surface area contributed by atoms with Crippen LogP contribution in [0.25, 0.3) is 0 Å². The van der Waals surface area contributed by atoms with E-state index < -0.39 is 5.97 Å². The van der Waals surface area contributed by atoms with Gasteiger partial charge in [-0.2, -0.15) is 0 Å². The van der Waals surface area contributed by atoms with Crippen LogP contribution in [-0.2, 0) is 6.54 Å². The Kier molecular flexibility index (Phi) is 4.24. The predicted molar refractivity (Wildman–Crippen MR) is 69.0 cm³/mol. The van der Waals surface area contributed by atoms with Crippen LogP contribution >= 0.6 is 0 Å². The van der Waals surface area contributed by atoms with Crippen LogP contribution in [0.2, 0.25) is 0 Å². The molecule has 1 fully saturated rings. The lowest BCUT2D eigenvalue weighted by Crippen LogP contribution is -2.37. The summed E-state index contributed by atoms with van der Waals surface area (Å²) < 4.78 is 5.26. The summed E-state index contributed by atoms with van der Waals surface area (Å²) in [6, 6.07) is 3.41. The molecule has 1 aromatic rings. The van der Waals surface area contributed by atoms with Gasteiger partial charge >= 0.3 is 5.97 Å². The normalized spacial score (nSPS) is 24.2. The van der Waals surface area contributed by atoms with Crippen molar-refractivity contribution in [2.75, 3.05) is 27.2 Å². The summed E-state index contributed by atoms with van der Waals surface area (Å²) in [5.74, 6) is -0.480. The Morgan fingerprint density at radius 3 is 2.84 bits per heavy atom. The molecule has 0 amide bonds. The number of nitrogens with zero attached hydrogens (tertiary/aromatic N) is 2. The standard InChI is InChI=1S/C13H20N2O4/c1-14(2)6-9-5-10(16)7-15(9)8-11-3-4-12(19-11)13(17)18/h3-4,9-10,16H,5-8H2,1-2H3,(H,17,18). The number of aliphatic hydroxyl groups excluding tert-OH is 1. The van der Waals surface area contributed by atoms with Gasteiger partial charge in [0.05, 0.1) is 12.6 Å². The summed E-state index contributed by atoms with van der Waals surface area (Å²) in [5.41, 5.74) is 0. The van der Waals surface area contributed by atoms with E-state index in [1.165, 1.54) is 6.07 Å². The Hall–Kier alpha value is -1.37. The van der Waals surface area contributed by atoms with Crippen molar-refractivity contribution < 1.29 is 19.4 Å². The fraction of sp³-hybridized carbons (Fsp3) is 0.615. The van der Waals surface area contributed by atoms with Crippen molar-refractivity contribution in [2.45, 2.75) is 25.1 Å². The number of carbonyl (C=O) groups is 1. The van der Waals surface area contributed by atoms with E-state index in [1.54, 1.807) is 6.07 Å². The fourth-order valence-corrected chi connectivity index (χ4v) is 2.54. The van der Waals surface area contributed by atoms with Crippen LogP contribution in [0.3, 0.4) is 0 Å². The number of hydrogen-bond acceptors (Lipinski definition) is 5. The Bertz CT molecular complexity index is 444. The van der Waals surface area contributed by atoms with Crippen LogP contribution in [-0.4, -0.2) is 65.3 Å². The number of likely N-dealkylation sites (N-methyl/N-ethyl adjacent to an activating group) is 1. The molecule has 1 aromatic heterocycles. The van der Waals surface area contributed by atoms with Crippen LogP contribution in [0.15, 0.2) is 16.5 Å². The summed E-state index contributed by atoms with van der Waals surface area (Å²) in [6.45, 7) is 1.99. The monoisotopic (exact) mass is 268 g/mol. The third kappa shape index (κ3) is 3.56. The lowest BCUT2D eigenvalue weighted by molar-refractivity contribution is 0.0657. The third-order valence-electron chi connectivity index (χ3n) is 3.31. The van der Waals surface area contributed by atoms with Gasteiger partial charge in [0.15, 0.2) is 0 Å². The maximum Gasteiger partial charge on any atom is 0.371 e. The van der Waals surface area contributed by atoms with Gasteiger partial charge < -0.3 is 19.5 Å². The Morgan fingerprint density at radius 2 is 2.26 bits per heavy atom. The van der Waals surface area contributed by atoms with Crippen molar-refractivity contribution in [3.63, 3.8) is 0 Å². The lowest BCUT2D eigenvalue weighted by atomic mass is 10.2. The summed E-state index contributed by atoms with van der Waals surface area (Å²) in [7, 11) is 4.00. The second-order valence-electron chi connectivity index (χ2n) is 5.31. The molecule has 2 heterocycles. The van der Waals surface area contributed by atoms with Crippen LogP contribution < -0.4 is 0 Å². The van der Waals surface area contributed by atoms with Crippen molar-refractivity contribution >= 4 is 5.97 Å². The number of β-amino-alcohol motifs (C(OH)–C–C–N with tert-alkyl or cyclic N) is 1. The highest BCUT2D eigenvalue weighted by Crippen LogP contribution is 2.22. The molecular formula is C13H20N2O4. The van der Waals surface area contributed by atoms with Gasteiger partial charge in [0.1, 0.15) is 5.76 Å². The molecule has 1 saturated heterocycles. The van der Waals surface area contributed by atoms with Crippen LogP contribution in [0, 0.1) is 0 Å². The van der Waals surface area contributed by atoms with E-state index in [9.17, 15) is 9.90 Å². The van der Waals surface area contributed by atoms with E-state index in [0.717, 1.165) is 13.0 Å². The first kappa shape index (κ1) is 14.0. The largest absolute Gasteiger partial charge is 0.475 e. The van der Waals surface area contributed by atoms with Crippen LogP contribution in [0.5, 0.6) is 0 Å². The topological polar surface area (TPSA) is 77.2 Å². The maximum absolute atomic E-state index is 10.8. The fourth-order valence-electron chi connectivity index (χ4n) is 2.54. The predicted octanol–water partition coefficient (Wildman–Crippen LogP) is 0.475. The zero-order valence-electron chi connectivity index (χ0n) is 11.2. The van der Waals surface area contributed by atoms with Gasteiger partial charge in [-0.15, -0.1) is 0 Å². The van der Waals surface area contributed by atoms with Gasteiger partial charge in [-0.1, -0.05) is 0 Å². The third-order valence-corrected chi connectivity index (χ3v) is 3.31. The number of likely N-dealkylation sites (tertiary alicyclic amines) is 1. The second kappa shape index (κ2) is 5.73. The van der Waals surface area contributed by atoms with E-state index in [1.807, 2.05) is 14.1 Å². The molecule has 6 nitrogen and oxygen atoms in total. The number of hydrogen-bond donors (Lipinski definition) is 2. The highest BCUT2D eigenvalue weighted by atomic mass is 16.4. The van der Waals surface area contributed by atoms with Crippen LogP contribution in [0.4, 0.5) is 0 Å². The number of carboxylic acid groups (broad SMARTS) is 1. The molecule has 1 aliphatic heterocycles.